The van der Waals surface area contributed by atoms with Crippen LogP contribution in [0.5, 0.6) is 5.75 Å². The highest BCUT2D eigenvalue weighted by Crippen LogP contribution is 2.42. The minimum atomic E-state index is -0.485. The topological polar surface area (TPSA) is 74.8 Å². The van der Waals surface area contributed by atoms with Gasteiger partial charge in [-0.1, -0.05) is 48.5 Å². The monoisotopic (exact) mass is 622 g/mol. The predicted octanol–water partition coefficient (Wildman–Crippen LogP) is 7.25. The number of anilines is 3. The summed E-state index contributed by atoms with van der Waals surface area (Å²) in [6.07, 6.45) is 0.518. The molecule has 1 N–H and O–H groups in total. The number of carbonyl (C=O) groups excluding carboxylic acids is 2. The maximum atomic E-state index is 14.4. The predicted molar refractivity (Wildman–Crippen MR) is 171 cm³/mol. The average Bonchev–Trinajstić information content (AvgIpc) is 3.25. The summed E-state index contributed by atoms with van der Waals surface area (Å²) in [6, 6.07) is 24.3. The van der Waals surface area contributed by atoms with Gasteiger partial charge in [-0.2, -0.15) is 0 Å². The van der Waals surface area contributed by atoms with Gasteiger partial charge >= 0.3 is 0 Å². The van der Waals surface area contributed by atoms with E-state index in [0.29, 0.717) is 42.3 Å². The molecular weight excluding hydrogens is 594 g/mol. The molecular formula is C35H28F2N4O3S. The first-order chi connectivity index (χ1) is 21.9. The van der Waals surface area contributed by atoms with Gasteiger partial charge in [-0.05, 0) is 60.9 Å². The Bertz CT molecular complexity index is 1940. The lowest BCUT2D eigenvalue weighted by molar-refractivity contribution is 0.0981. The van der Waals surface area contributed by atoms with Crippen molar-refractivity contribution in [1.82, 2.24) is 4.98 Å². The Kier molecular flexibility index (Phi) is 7.50. The molecule has 0 atom stereocenters. The van der Waals surface area contributed by atoms with Crippen LogP contribution in [0.4, 0.5) is 26.0 Å². The summed E-state index contributed by atoms with van der Waals surface area (Å²) in [4.78, 5) is 37.1. The van der Waals surface area contributed by atoms with Crippen LogP contribution >= 0.6 is 11.3 Å². The van der Waals surface area contributed by atoms with E-state index in [4.69, 9.17) is 9.72 Å². The van der Waals surface area contributed by atoms with E-state index in [1.54, 1.807) is 42.2 Å². The molecule has 7 nitrogen and oxygen atoms in total. The number of thiophene rings is 1. The van der Waals surface area contributed by atoms with Crippen molar-refractivity contribution in [1.29, 1.82) is 0 Å². The lowest BCUT2D eigenvalue weighted by atomic mass is 10.1. The number of para-hydroxylation sites is 3. The number of nitrogens with zero attached hydrogens (tertiary/aromatic N) is 3. The quantitative estimate of drug-likeness (QED) is 0.229. The van der Waals surface area contributed by atoms with Crippen molar-refractivity contribution in [2.75, 3.05) is 34.8 Å². The molecule has 0 saturated carbocycles. The second kappa shape index (κ2) is 11.8. The Balaban J connectivity index is 1.16. The summed E-state index contributed by atoms with van der Waals surface area (Å²) in [5.74, 6) is -0.649. The number of nitrogens with one attached hydrogen (secondary N) is 1. The molecule has 2 aromatic heterocycles. The Labute approximate surface area is 262 Å². The summed E-state index contributed by atoms with van der Waals surface area (Å²) in [5.41, 5.74) is 4.32. The largest absolute Gasteiger partial charge is 0.488 e. The van der Waals surface area contributed by atoms with Crippen LogP contribution in [0.25, 0.3) is 10.4 Å². The highest BCUT2D eigenvalue weighted by atomic mass is 32.1. The number of hydrogen-bond donors (Lipinski definition) is 1. The number of benzene rings is 3. The molecule has 5 aromatic rings. The average molecular weight is 623 g/mol. The van der Waals surface area contributed by atoms with Crippen LogP contribution in [0.2, 0.25) is 0 Å². The molecule has 226 valence electrons. The zero-order chi connectivity index (χ0) is 31.1. The van der Waals surface area contributed by atoms with Crippen molar-refractivity contribution in [3.63, 3.8) is 0 Å². The fourth-order valence-electron chi connectivity index (χ4n) is 5.82. The first-order valence-corrected chi connectivity index (χ1v) is 15.4. The molecule has 7 rings (SSSR count). The van der Waals surface area contributed by atoms with Gasteiger partial charge in [0.05, 0.1) is 22.8 Å². The van der Waals surface area contributed by atoms with E-state index >= 15 is 0 Å². The van der Waals surface area contributed by atoms with E-state index in [9.17, 15) is 18.4 Å². The number of fused-ring (bicyclic) bond motifs is 4. The van der Waals surface area contributed by atoms with E-state index < -0.39 is 11.6 Å². The number of rotatable bonds is 4. The van der Waals surface area contributed by atoms with Gasteiger partial charge in [-0.15, -0.1) is 11.3 Å². The van der Waals surface area contributed by atoms with Crippen LogP contribution in [0, 0.1) is 18.6 Å². The third-order valence-corrected chi connectivity index (χ3v) is 9.29. The maximum Gasteiger partial charge on any atom is 0.276 e. The lowest BCUT2D eigenvalue weighted by Crippen LogP contribution is -2.34. The van der Waals surface area contributed by atoms with Crippen molar-refractivity contribution in [3.05, 3.63) is 124 Å². The van der Waals surface area contributed by atoms with E-state index in [2.05, 4.69) is 5.32 Å². The van der Waals surface area contributed by atoms with Crippen molar-refractivity contribution in [3.8, 4) is 16.2 Å². The molecule has 0 aliphatic carbocycles. The number of ether oxygens (including phenoxy) is 1. The number of carbonyl (C=O) groups is 2. The summed E-state index contributed by atoms with van der Waals surface area (Å²) < 4.78 is 34.4. The van der Waals surface area contributed by atoms with Crippen molar-refractivity contribution in [2.24, 2.45) is 0 Å². The lowest BCUT2D eigenvalue weighted by Gasteiger charge is -2.24. The van der Waals surface area contributed by atoms with Crippen LogP contribution < -0.4 is 19.9 Å². The Morgan fingerprint density at radius 2 is 1.71 bits per heavy atom. The van der Waals surface area contributed by atoms with Crippen molar-refractivity contribution >= 4 is 40.3 Å². The number of halogens is 2. The third-order valence-electron chi connectivity index (χ3n) is 8.08. The second-order valence-electron chi connectivity index (χ2n) is 11.0. The molecule has 0 saturated heterocycles. The minimum absolute atomic E-state index is 0.169. The normalized spacial score (nSPS) is 13.9. The zero-order valence-electron chi connectivity index (χ0n) is 24.3. The second-order valence-corrected chi connectivity index (χ2v) is 12.0. The van der Waals surface area contributed by atoms with Gasteiger partial charge in [0.1, 0.15) is 23.9 Å². The van der Waals surface area contributed by atoms with E-state index in [1.165, 1.54) is 23.5 Å². The summed E-state index contributed by atoms with van der Waals surface area (Å²) in [5, 5.41) is 2.73. The summed E-state index contributed by atoms with van der Waals surface area (Å²) in [7, 11) is 0. The smallest absolute Gasteiger partial charge is 0.276 e. The number of amides is 2. The third kappa shape index (κ3) is 5.42. The van der Waals surface area contributed by atoms with Crippen LogP contribution in [-0.4, -0.2) is 36.5 Å². The molecule has 0 spiro atoms. The van der Waals surface area contributed by atoms with Crippen LogP contribution in [-0.2, 0) is 13.0 Å². The molecule has 2 aliphatic heterocycles. The number of pyridine rings is 1. The van der Waals surface area contributed by atoms with E-state index in [-0.39, 0.29) is 35.6 Å². The highest BCUT2D eigenvalue weighted by Gasteiger charge is 2.29. The Hall–Kier alpha value is -5.09. The SMILES string of the molecule is Cc1cccc(F)c1NC(=O)c1cc2c(s1)-c1ccccc1N(C(=O)c1cccc(N3CCOc4c(F)cccc4C3)n1)CC2. The molecule has 0 bridgehead atoms. The van der Waals surface area contributed by atoms with Crippen molar-refractivity contribution in [2.45, 2.75) is 19.9 Å². The molecule has 0 unspecified atom stereocenters. The first kappa shape index (κ1) is 28.7. The van der Waals surface area contributed by atoms with Gasteiger partial charge in [0, 0.05) is 29.1 Å². The van der Waals surface area contributed by atoms with Gasteiger partial charge in [-0.3, -0.25) is 9.59 Å². The van der Waals surface area contributed by atoms with Crippen LogP contribution in [0.1, 0.15) is 36.9 Å². The van der Waals surface area contributed by atoms with Crippen molar-refractivity contribution < 1.29 is 23.1 Å². The molecule has 2 amide bonds. The van der Waals surface area contributed by atoms with E-state index in [0.717, 1.165) is 27.3 Å². The standard InChI is InChI=1S/C35H28F2N4O3S/c1-21-7-4-10-25(36)31(21)39-34(42)29-19-22-15-16-41(28-13-3-2-9-24(28)33(22)45-29)35(43)27-12-6-14-30(38-27)40-17-18-44-32-23(20-40)8-5-11-26(32)37/h2-14,19H,15-18,20H2,1H3,(H,39,42). The minimum Gasteiger partial charge on any atom is -0.488 e. The zero-order valence-corrected chi connectivity index (χ0v) is 25.2. The highest BCUT2D eigenvalue weighted by molar-refractivity contribution is 7.17. The van der Waals surface area contributed by atoms with Gasteiger partial charge in [0.2, 0.25) is 0 Å². The molecule has 0 radical (unpaired) electrons. The first-order valence-electron chi connectivity index (χ1n) is 14.6. The Morgan fingerprint density at radius 1 is 0.911 bits per heavy atom. The summed E-state index contributed by atoms with van der Waals surface area (Å²) >= 11 is 1.33. The maximum absolute atomic E-state index is 14.4. The van der Waals surface area contributed by atoms with Crippen LogP contribution in [0.3, 0.4) is 0 Å². The fourth-order valence-corrected chi connectivity index (χ4v) is 6.96. The number of aryl methyl sites for hydroxylation is 1. The Morgan fingerprint density at radius 3 is 2.58 bits per heavy atom. The number of aromatic nitrogens is 1. The summed E-state index contributed by atoms with van der Waals surface area (Å²) in [6.45, 7) is 3.30. The van der Waals surface area contributed by atoms with Gasteiger partial charge in [-0.25, -0.2) is 13.8 Å². The molecule has 3 aromatic carbocycles. The molecule has 45 heavy (non-hydrogen) atoms. The van der Waals surface area contributed by atoms with Gasteiger partial charge in [0.15, 0.2) is 11.6 Å². The molecule has 2 aliphatic rings. The van der Waals surface area contributed by atoms with Gasteiger partial charge < -0.3 is 19.9 Å². The molecule has 4 heterocycles. The van der Waals surface area contributed by atoms with Crippen LogP contribution in [0.15, 0.2) is 84.9 Å². The number of hydrogen-bond acceptors (Lipinski definition) is 6. The van der Waals surface area contributed by atoms with Gasteiger partial charge in [0.25, 0.3) is 11.8 Å². The fraction of sp³-hybridized carbons (Fsp3) is 0.171. The molecule has 10 heteroatoms. The molecule has 0 fully saturated rings. The van der Waals surface area contributed by atoms with E-state index in [1.807, 2.05) is 47.4 Å².